The standard InChI is InChI=1S/C12H17FN2OS/c1-8(2)15-10(12(14)16)7-17-11-6-4-3-5-9(11)13/h3-6,8,10,15H,7H2,1-2H3,(H2,14,16). The highest BCUT2D eigenvalue weighted by Crippen LogP contribution is 2.21. The van der Waals surface area contributed by atoms with Crippen LogP contribution in [-0.2, 0) is 4.79 Å². The normalized spacial score (nSPS) is 12.7. The smallest absolute Gasteiger partial charge is 0.235 e. The van der Waals surface area contributed by atoms with Gasteiger partial charge in [-0.3, -0.25) is 4.79 Å². The molecule has 3 N–H and O–H groups in total. The second-order valence-electron chi connectivity index (χ2n) is 4.02. The molecule has 0 aliphatic carbocycles. The summed E-state index contributed by atoms with van der Waals surface area (Å²) in [6.07, 6.45) is 0. The summed E-state index contributed by atoms with van der Waals surface area (Å²) >= 11 is 1.29. The number of primary amides is 1. The van der Waals surface area contributed by atoms with Gasteiger partial charge in [0.2, 0.25) is 5.91 Å². The van der Waals surface area contributed by atoms with Crippen molar-refractivity contribution in [3.8, 4) is 0 Å². The predicted molar refractivity (Wildman–Crippen MR) is 68.4 cm³/mol. The van der Waals surface area contributed by atoms with E-state index in [2.05, 4.69) is 5.32 Å². The zero-order chi connectivity index (χ0) is 12.8. The van der Waals surface area contributed by atoms with Crippen LogP contribution in [0.1, 0.15) is 13.8 Å². The lowest BCUT2D eigenvalue weighted by Crippen LogP contribution is -2.46. The molecule has 94 valence electrons. The molecule has 1 amide bonds. The number of benzene rings is 1. The molecule has 0 saturated heterocycles. The zero-order valence-electron chi connectivity index (χ0n) is 9.94. The summed E-state index contributed by atoms with van der Waals surface area (Å²) in [6.45, 7) is 3.87. The maximum atomic E-state index is 13.3. The molecule has 1 atom stereocenters. The first-order valence-corrected chi connectivity index (χ1v) is 6.42. The number of carbonyl (C=O) groups excluding carboxylic acids is 1. The van der Waals surface area contributed by atoms with Gasteiger partial charge in [0.05, 0.1) is 6.04 Å². The third-order valence-electron chi connectivity index (χ3n) is 2.12. The lowest BCUT2D eigenvalue weighted by molar-refractivity contribution is -0.119. The lowest BCUT2D eigenvalue weighted by atomic mass is 10.3. The van der Waals surface area contributed by atoms with E-state index in [0.717, 1.165) is 0 Å². The summed E-state index contributed by atoms with van der Waals surface area (Å²) in [4.78, 5) is 11.7. The fourth-order valence-electron chi connectivity index (χ4n) is 1.35. The molecule has 0 spiro atoms. The fourth-order valence-corrected chi connectivity index (χ4v) is 2.34. The Kier molecular flexibility index (Phi) is 5.44. The zero-order valence-corrected chi connectivity index (χ0v) is 10.8. The monoisotopic (exact) mass is 256 g/mol. The molecule has 0 bridgehead atoms. The fraction of sp³-hybridized carbons (Fsp3) is 0.417. The Labute approximate surface area is 105 Å². The van der Waals surface area contributed by atoms with Gasteiger partial charge in [-0.1, -0.05) is 26.0 Å². The van der Waals surface area contributed by atoms with Crippen LogP contribution in [0, 0.1) is 5.82 Å². The lowest BCUT2D eigenvalue weighted by Gasteiger charge is -2.17. The number of nitrogens with two attached hydrogens (primary N) is 1. The highest BCUT2D eigenvalue weighted by Gasteiger charge is 2.16. The number of amides is 1. The van der Waals surface area contributed by atoms with E-state index in [1.54, 1.807) is 18.2 Å². The molecule has 0 fully saturated rings. The summed E-state index contributed by atoms with van der Waals surface area (Å²) in [5.74, 6) is -0.262. The molecule has 0 saturated carbocycles. The topological polar surface area (TPSA) is 55.1 Å². The van der Waals surface area contributed by atoms with Crippen LogP contribution in [0.15, 0.2) is 29.2 Å². The van der Waals surface area contributed by atoms with Crippen molar-refractivity contribution in [1.29, 1.82) is 0 Å². The van der Waals surface area contributed by atoms with Gasteiger partial charge in [-0.2, -0.15) is 0 Å². The van der Waals surface area contributed by atoms with E-state index in [1.165, 1.54) is 17.8 Å². The Morgan fingerprint density at radius 1 is 1.47 bits per heavy atom. The first-order chi connectivity index (χ1) is 8.00. The molecule has 1 unspecified atom stereocenters. The van der Waals surface area contributed by atoms with Crippen LogP contribution >= 0.6 is 11.8 Å². The minimum atomic E-state index is -0.445. The van der Waals surface area contributed by atoms with Gasteiger partial charge in [0.15, 0.2) is 0 Å². The Bertz CT molecular complexity index is 385. The molecule has 0 radical (unpaired) electrons. The third kappa shape index (κ3) is 4.75. The molecular weight excluding hydrogens is 239 g/mol. The third-order valence-corrected chi connectivity index (χ3v) is 3.26. The Hall–Kier alpha value is -1.07. The van der Waals surface area contributed by atoms with Crippen LogP contribution in [-0.4, -0.2) is 23.7 Å². The molecule has 1 aromatic carbocycles. The van der Waals surface area contributed by atoms with Crippen LogP contribution in [0.5, 0.6) is 0 Å². The number of nitrogens with one attached hydrogen (secondary N) is 1. The van der Waals surface area contributed by atoms with Gasteiger partial charge >= 0.3 is 0 Å². The maximum absolute atomic E-state index is 13.3. The molecule has 0 aromatic heterocycles. The summed E-state index contributed by atoms with van der Waals surface area (Å²) in [5.41, 5.74) is 5.28. The van der Waals surface area contributed by atoms with Gasteiger partial charge < -0.3 is 11.1 Å². The second kappa shape index (κ2) is 6.61. The van der Waals surface area contributed by atoms with Crippen molar-refractivity contribution in [2.45, 2.75) is 30.8 Å². The average molecular weight is 256 g/mol. The first kappa shape index (κ1) is 14.0. The molecule has 3 nitrogen and oxygen atoms in total. The second-order valence-corrected chi connectivity index (χ2v) is 5.08. The first-order valence-electron chi connectivity index (χ1n) is 5.43. The number of thioether (sulfide) groups is 1. The number of rotatable bonds is 6. The number of carbonyl (C=O) groups is 1. The highest BCUT2D eigenvalue weighted by atomic mass is 32.2. The Morgan fingerprint density at radius 3 is 2.65 bits per heavy atom. The number of hydrogen-bond acceptors (Lipinski definition) is 3. The van der Waals surface area contributed by atoms with E-state index in [4.69, 9.17) is 5.73 Å². The molecule has 1 rings (SSSR count). The van der Waals surface area contributed by atoms with Gasteiger partial charge in [-0.05, 0) is 12.1 Å². The van der Waals surface area contributed by atoms with E-state index in [0.29, 0.717) is 10.6 Å². The molecule has 1 aromatic rings. The van der Waals surface area contributed by atoms with Crippen LogP contribution in [0.2, 0.25) is 0 Å². The van der Waals surface area contributed by atoms with E-state index in [1.807, 2.05) is 13.8 Å². The Morgan fingerprint density at radius 2 is 2.12 bits per heavy atom. The van der Waals surface area contributed by atoms with E-state index in [9.17, 15) is 9.18 Å². The van der Waals surface area contributed by atoms with Crippen LogP contribution in [0.3, 0.4) is 0 Å². The van der Waals surface area contributed by atoms with Gasteiger partial charge in [0.25, 0.3) is 0 Å². The van der Waals surface area contributed by atoms with Gasteiger partial charge in [0, 0.05) is 16.7 Å². The van der Waals surface area contributed by atoms with Crippen molar-refractivity contribution in [3.63, 3.8) is 0 Å². The van der Waals surface area contributed by atoms with Crippen molar-refractivity contribution < 1.29 is 9.18 Å². The van der Waals surface area contributed by atoms with Crippen molar-refractivity contribution in [2.24, 2.45) is 5.73 Å². The van der Waals surface area contributed by atoms with Crippen LogP contribution < -0.4 is 11.1 Å². The molecule has 5 heteroatoms. The predicted octanol–water partition coefficient (Wildman–Crippen LogP) is 1.77. The van der Waals surface area contributed by atoms with Crippen molar-refractivity contribution in [2.75, 3.05) is 5.75 Å². The minimum Gasteiger partial charge on any atom is -0.368 e. The number of halogens is 1. The molecule has 17 heavy (non-hydrogen) atoms. The largest absolute Gasteiger partial charge is 0.368 e. The summed E-state index contributed by atoms with van der Waals surface area (Å²) in [6, 6.07) is 6.20. The Balaban J connectivity index is 2.58. The van der Waals surface area contributed by atoms with Gasteiger partial charge in [0.1, 0.15) is 5.82 Å². The average Bonchev–Trinajstić information content (AvgIpc) is 2.25. The summed E-state index contributed by atoms with van der Waals surface area (Å²) in [7, 11) is 0. The quantitative estimate of drug-likeness (QED) is 0.763. The van der Waals surface area contributed by atoms with E-state index < -0.39 is 11.9 Å². The molecular formula is C12H17FN2OS. The summed E-state index contributed by atoms with van der Waals surface area (Å²) < 4.78 is 13.3. The van der Waals surface area contributed by atoms with Gasteiger partial charge in [-0.15, -0.1) is 11.8 Å². The van der Waals surface area contributed by atoms with Crippen molar-refractivity contribution in [1.82, 2.24) is 5.32 Å². The van der Waals surface area contributed by atoms with Gasteiger partial charge in [-0.25, -0.2) is 4.39 Å². The summed E-state index contributed by atoms with van der Waals surface area (Å²) in [5, 5.41) is 3.05. The van der Waals surface area contributed by atoms with Crippen LogP contribution in [0.4, 0.5) is 4.39 Å². The maximum Gasteiger partial charge on any atom is 0.235 e. The van der Waals surface area contributed by atoms with Crippen LogP contribution in [0.25, 0.3) is 0 Å². The van der Waals surface area contributed by atoms with Crippen molar-refractivity contribution >= 4 is 17.7 Å². The molecule has 0 heterocycles. The van der Waals surface area contributed by atoms with Crippen molar-refractivity contribution in [3.05, 3.63) is 30.1 Å². The number of hydrogen-bond donors (Lipinski definition) is 2. The molecule has 0 aliphatic heterocycles. The van der Waals surface area contributed by atoms with E-state index in [-0.39, 0.29) is 11.9 Å². The minimum absolute atomic E-state index is 0.161. The SMILES string of the molecule is CC(C)NC(CSc1ccccc1F)C(N)=O. The highest BCUT2D eigenvalue weighted by molar-refractivity contribution is 7.99. The van der Waals surface area contributed by atoms with E-state index >= 15 is 0 Å². The molecule has 0 aliphatic rings.